The number of amides is 1. The molecule has 132 valence electrons. The number of carbonyl (C=O) groups is 1. The minimum Gasteiger partial charge on any atom is -0.383 e. The van der Waals surface area contributed by atoms with E-state index in [-0.39, 0.29) is 0 Å². The Morgan fingerprint density at radius 2 is 1.85 bits per heavy atom. The molecule has 0 aliphatic rings. The molecule has 4 rings (SSSR count). The molecule has 0 saturated heterocycles. The quantitative estimate of drug-likeness (QED) is 0.481. The van der Waals surface area contributed by atoms with Crippen molar-refractivity contribution in [1.82, 2.24) is 15.0 Å². The van der Waals surface area contributed by atoms with Crippen molar-refractivity contribution in [2.45, 2.75) is 0 Å². The third kappa shape index (κ3) is 3.24. The summed E-state index contributed by atoms with van der Waals surface area (Å²) in [5.74, 6) is 0.369. The lowest BCUT2D eigenvalue weighted by atomic mass is 9.99. The number of nitrogen functional groups attached to an aromatic ring is 1. The SMILES string of the molecule is Nc1ncnc2nc(-c3ccccc3NC=O)cc(-c3cccc(Br)c3)c12. The lowest BCUT2D eigenvalue weighted by Gasteiger charge is -2.13. The molecule has 0 saturated carbocycles. The standard InChI is InChI=1S/C20H14BrN5O/c21-13-5-3-4-12(8-13)15-9-17(14-6-1-2-7-16(14)25-11-27)26-20-18(15)19(22)23-10-24-20/h1-11H,(H,25,27)(H2,22,23,24,26). The molecule has 0 radical (unpaired) electrons. The second-order valence-electron chi connectivity index (χ2n) is 5.83. The number of pyridine rings is 1. The molecule has 0 aliphatic heterocycles. The van der Waals surface area contributed by atoms with E-state index >= 15 is 0 Å². The summed E-state index contributed by atoms with van der Waals surface area (Å²) in [5, 5.41) is 3.41. The molecule has 7 heteroatoms. The van der Waals surface area contributed by atoms with E-state index in [4.69, 9.17) is 5.73 Å². The van der Waals surface area contributed by atoms with Gasteiger partial charge in [0.1, 0.15) is 12.1 Å². The van der Waals surface area contributed by atoms with Gasteiger partial charge >= 0.3 is 0 Å². The number of hydrogen-bond acceptors (Lipinski definition) is 5. The third-order valence-electron chi connectivity index (χ3n) is 4.19. The van der Waals surface area contributed by atoms with Crippen LogP contribution in [0.4, 0.5) is 11.5 Å². The van der Waals surface area contributed by atoms with E-state index in [1.165, 1.54) is 6.33 Å². The zero-order valence-corrected chi connectivity index (χ0v) is 15.6. The van der Waals surface area contributed by atoms with Crippen LogP contribution in [0.15, 0.2) is 65.4 Å². The van der Waals surface area contributed by atoms with Gasteiger partial charge in [-0.05, 0) is 35.4 Å². The molecular formula is C20H14BrN5O. The van der Waals surface area contributed by atoms with Crippen LogP contribution in [0.1, 0.15) is 0 Å². The Bertz CT molecular complexity index is 1160. The average Bonchev–Trinajstić information content (AvgIpc) is 2.68. The molecule has 1 amide bonds. The second kappa shape index (κ2) is 7.13. The molecule has 3 N–H and O–H groups in total. The van der Waals surface area contributed by atoms with Crippen LogP contribution in [0.5, 0.6) is 0 Å². The number of nitrogens with one attached hydrogen (secondary N) is 1. The van der Waals surface area contributed by atoms with Crippen LogP contribution in [-0.4, -0.2) is 21.4 Å². The van der Waals surface area contributed by atoms with Crippen LogP contribution in [0.3, 0.4) is 0 Å². The molecule has 4 aromatic rings. The topological polar surface area (TPSA) is 93.8 Å². The Morgan fingerprint density at radius 1 is 1.00 bits per heavy atom. The fourth-order valence-corrected chi connectivity index (χ4v) is 3.40. The van der Waals surface area contributed by atoms with E-state index in [9.17, 15) is 4.79 Å². The zero-order chi connectivity index (χ0) is 18.8. The van der Waals surface area contributed by atoms with E-state index < -0.39 is 0 Å². The van der Waals surface area contributed by atoms with E-state index in [2.05, 4.69) is 36.2 Å². The Balaban J connectivity index is 2.04. The molecule has 2 heterocycles. The summed E-state index contributed by atoms with van der Waals surface area (Å²) in [7, 11) is 0. The molecule has 0 fully saturated rings. The predicted octanol–water partition coefficient (Wildman–Crippen LogP) is 4.27. The molecule has 0 unspecified atom stereocenters. The molecule has 0 bridgehead atoms. The summed E-state index contributed by atoms with van der Waals surface area (Å²) in [4.78, 5) is 24.1. The lowest BCUT2D eigenvalue weighted by Crippen LogP contribution is -2.00. The molecule has 0 atom stereocenters. The van der Waals surface area contributed by atoms with Gasteiger partial charge in [-0.25, -0.2) is 15.0 Å². The first kappa shape index (κ1) is 17.1. The monoisotopic (exact) mass is 419 g/mol. The van der Waals surface area contributed by atoms with Gasteiger partial charge in [-0.3, -0.25) is 4.79 Å². The van der Waals surface area contributed by atoms with Crippen molar-refractivity contribution in [2.75, 3.05) is 11.1 Å². The van der Waals surface area contributed by atoms with Gasteiger partial charge in [0, 0.05) is 15.7 Å². The second-order valence-corrected chi connectivity index (χ2v) is 6.75. The molecule has 6 nitrogen and oxygen atoms in total. The number of carbonyl (C=O) groups excluding carboxylic acids is 1. The van der Waals surface area contributed by atoms with Crippen LogP contribution in [0.2, 0.25) is 0 Å². The Kier molecular flexibility index (Phi) is 4.52. The summed E-state index contributed by atoms with van der Waals surface area (Å²) < 4.78 is 0.949. The van der Waals surface area contributed by atoms with Crippen LogP contribution >= 0.6 is 15.9 Å². The largest absolute Gasteiger partial charge is 0.383 e. The number of nitrogens with two attached hydrogens (primary N) is 1. The number of fused-ring (bicyclic) bond motifs is 1. The number of para-hydroxylation sites is 1. The first-order chi connectivity index (χ1) is 13.2. The van der Waals surface area contributed by atoms with Gasteiger partial charge in [-0.15, -0.1) is 0 Å². The highest BCUT2D eigenvalue weighted by Gasteiger charge is 2.15. The first-order valence-electron chi connectivity index (χ1n) is 8.14. The van der Waals surface area contributed by atoms with Gasteiger partial charge in [0.05, 0.1) is 11.1 Å². The maximum absolute atomic E-state index is 11.0. The lowest BCUT2D eigenvalue weighted by molar-refractivity contribution is -0.105. The summed E-state index contributed by atoms with van der Waals surface area (Å²) >= 11 is 3.51. The van der Waals surface area contributed by atoms with Crippen molar-refractivity contribution in [3.63, 3.8) is 0 Å². The normalized spacial score (nSPS) is 10.7. The molecule has 0 spiro atoms. The van der Waals surface area contributed by atoms with Crippen molar-refractivity contribution in [3.05, 3.63) is 65.4 Å². The zero-order valence-electron chi connectivity index (χ0n) is 14.1. The number of hydrogen-bond donors (Lipinski definition) is 2. The number of nitrogens with zero attached hydrogens (tertiary/aromatic N) is 3. The van der Waals surface area contributed by atoms with Gasteiger partial charge < -0.3 is 11.1 Å². The van der Waals surface area contributed by atoms with Crippen LogP contribution in [0.25, 0.3) is 33.4 Å². The van der Waals surface area contributed by atoms with Crippen molar-refractivity contribution in [2.24, 2.45) is 0 Å². The maximum atomic E-state index is 11.0. The molecule has 27 heavy (non-hydrogen) atoms. The Morgan fingerprint density at radius 3 is 2.67 bits per heavy atom. The first-order valence-corrected chi connectivity index (χ1v) is 8.93. The maximum Gasteiger partial charge on any atom is 0.211 e. The van der Waals surface area contributed by atoms with Gasteiger partial charge in [0.2, 0.25) is 6.41 Å². The highest BCUT2D eigenvalue weighted by atomic mass is 79.9. The Labute approximate surface area is 163 Å². The average molecular weight is 420 g/mol. The third-order valence-corrected chi connectivity index (χ3v) is 4.68. The van der Waals surface area contributed by atoms with Gasteiger partial charge in [0.25, 0.3) is 0 Å². The van der Waals surface area contributed by atoms with E-state index in [0.717, 1.165) is 21.2 Å². The number of anilines is 2. The van der Waals surface area contributed by atoms with E-state index in [1.54, 1.807) is 0 Å². The van der Waals surface area contributed by atoms with Gasteiger partial charge in [-0.1, -0.05) is 46.3 Å². The molecular weight excluding hydrogens is 406 g/mol. The summed E-state index contributed by atoms with van der Waals surface area (Å²) in [6, 6.07) is 17.3. The summed E-state index contributed by atoms with van der Waals surface area (Å²) in [6.45, 7) is 0. The van der Waals surface area contributed by atoms with Crippen molar-refractivity contribution >= 4 is 44.9 Å². The number of aromatic nitrogens is 3. The molecule has 0 aliphatic carbocycles. The molecule has 2 aromatic heterocycles. The summed E-state index contributed by atoms with van der Waals surface area (Å²) in [6.07, 6.45) is 2.05. The van der Waals surface area contributed by atoms with Crippen LogP contribution in [-0.2, 0) is 4.79 Å². The molecule has 2 aromatic carbocycles. The summed E-state index contributed by atoms with van der Waals surface area (Å²) in [5.41, 5.74) is 10.6. The number of rotatable bonds is 4. The highest BCUT2D eigenvalue weighted by molar-refractivity contribution is 9.10. The predicted molar refractivity (Wildman–Crippen MR) is 110 cm³/mol. The number of halogens is 1. The highest BCUT2D eigenvalue weighted by Crippen LogP contribution is 2.36. The number of benzene rings is 2. The minimum absolute atomic E-state index is 0.369. The van der Waals surface area contributed by atoms with E-state index in [1.807, 2.05) is 54.6 Å². The van der Waals surface area contributed by atoms with E-state index in [0.29, 0.717) is 34.6 Å². The fourth-order valence-electron chi connectivity index (χ4n) is 3.01. The smallest absolute Gasteiger partial charge is 0.211 e. The fraction of sp³-hybridized carbons (Fsp3) is 0. The van der Waals surface area contributed by atoms with Gasteiger partial charge in [0.15, 0.2) is 5.65 Å². The van der Waals surface area contributed by atoms with Crippen molar-refractivity contribution in [1.29, 1.82) is 0 Å². The van der Waals surface area contributed by atoms with Crippen LogP contribution in [0, 0.1) is 0 Å². The van der Waals surface area contributed by atoms with Crippen molar-refractivity contribution < 1.29 is 4.79 Å². The van der Waals surface area contributed by atoms with Crippen molar-refractivity contribution in [3.8, 4) is 22.4 Å². The Hall–Kier alpha value is -3.32. The minimum atomic E-state index is 0.369. The van der Waals surface area contributed by atoms with Crippen LogP contribution < -0.4 is 11.1 Å². The van der Waals surface area contributed by atoms with Gasteiger partial charge in [-0.2, -0.15) is 0 Å².